The highest BCUT2D eigenvalue weighted by Crippen LogP contribution is 2.45. The molecule has 0 aromatic rings. The molecule has 0 radical (unpaired) electrons. The molecule has 2 unspecified atom stereocenters. The summed E-state index contributed by atoms with van der Waals surface area (Å²) in [7, 11) is 0. The second-order valence-corrected chi connectivity index (χ2v) is 5.75. The van der Waals surface area contributed by atoms with E-state index in [1.165, 1.54) is 0 Å². The summed E-state index contributed by atoms with van der Waals surface area (Å²) < 4.78 is 0.0295. The van der Waals surface area contributed by atoms with Gasteiger partial charge in [0.15, 0.2) is 0 Å². The maximum absolute atomic E-state index is 8.81. The monoisotopic (exact) mass is 208 g/mol. The average Bonchev–Trinajstić information content (AvgIpc) is 2.08. The van der Waals surface area contributed by atoms with Gasteiger partial charge in [0.1, 0.15) is 0 Å². The van der Waals surface area contributed by atoms with Crippen LogP contribution >= 0.6 is 27.7 Å². The van der Waals surface area contributed by atoms with E-state index in [2.05, 4.69) is 22.9 Å². The first-order chi connectivity index (χ1) is 4.17. The van der Waals surface area contributed by atoms with Crippen molar-refractivity contribution in [3.63, 3.8) is 0 Å². The third-order valence-corrected chi connectivity index (χ3v) is 3.67. The van der Waals surface area contributed by atoms with Gasteiger partial charge in [-0.2, -0.15) is 0 Å². The van der Waals surface area contributed by atoms with Gasteiger partial charge in [-0.1, -0.05) is 22.0 Å². The Morgan fingerprint density at radius 3 is 2.78 bits per heavy atom. The molecule has 0 amide bonds. The zero-order valence-electron chi connectivity index (χ0n) is 5.17. The van der Waals surface area contributed by atoms with Crippen molar-refractivity contribution in [1.82, 2.24) is 0 Å². The second-order valence-electron chi connectivity index (χ2n) is 2.22. The highest BCUT2D eigenvalue weighted by atomic mass is 79.9. The molecule has 1 N–H and O–H groups in total. The van der Waals surface area contributed by atoms with Gasteiger partial charge in [-0.15, -0.1) is 11.8 Å². The number of hydrogen-bond acceptors (Lipinski definition) is 2. The average molecular weight is 209 g/mol. The van der Waals surface area contributed by atoms with Crippen molar-refractivity contribution < 1.29 is 5.11 Å². The van der Waals surface area contributed by atoms with Crippen LogP contribution in [0.2, 0.25) is 0 Å². The van der Waals surface area contributed by atoms with Crippen LogP contribution in [0.5, 0.6) is 0 Å². The molecule has 1 rings (SSSR count). The van der Waals surface area contributed by atoms with Crippen molar-refractivity contribution in [3.05, 3.63) is 11.5 Å². The number of halogens is 1. The van der Waals surface area contributed by atoms with Gasteiger partial charge in [-0.05, 0) is 12.3 Å². The molecule has 3 heteroatoms. The SMILES string of the molecule is CC1(Br)SC=CC1CO. The lowest BCUT2D eigenvalue weighted by atomic mass is 10.1. The van der Waals surface area contributed by atoms with Crippen LogP contribution in [0.25, 0.3) is 0 Å². The van der Waals surface area contributed by atoms with Gasteiger partial charge in [-0.3, -0.25) is 0 Å². The molecule has 0 saturated heterocycles. The molecule has 1 aliphatic heterocycles. The largest absolute Gasteiger partial charge is 0.396 e. The molecule has 0 saturated carbocycles. The molecular formula is C6H9BrOS. The van der Waals surface area contributed by atoms with Crippen LogP contribution in [0.1, 0.15) is 6.92 Å². The Kier molecular flexibility index (Phi) is 2.24. The molecule has 0 spiro atoms. The van der Waals surface area contributed by atoms with Gasteiger partial charge in [0.05, 0.1) is 10.3 Å². The Balaban J connectivity index is 2.60. The zero-order chi connectivity index (χ0) is 6.91. The predicted molar refractivity (Wildman–Crippen MR) is 44.6 cm³/mol. The molecule has 1 aliphatic rings. The first-order valence-corrected chi connectivity index (χ1v) is 4.48. The number of hydrogen-bond donors (Lipinski definition) is 1. The molecule has 0 aliphatic carbocycles. The summed E-state index contributed by atoms with van der Waals surface area (Å²) in [5.74, 6) is 0.266. The van der Waals surface area contributed by atoms with Crippen LogP contribution in [0.3, 0.4) is 0 Å². The van der Waals surface area contributed by atoms with E-state index in [4.69, 9.17) is 5.11 Å². The summed E-state index contributed by atoms with van der Waals surface area (Å²) >= 11 is 5.22. The number of aliphatic hydroxyl groups is 1. The molecule has 1 nitrogen and oxygen atoms in total. The van der Waals surface area contributed by atoms with Crippen molar-refractivity contribution in [2.75, 3.05) is 6.61 Å². The third-order valence-electron chi connectivity index (χ3n) is 1.47. The lowest BCUT2D eigenvalue weighted by Crippen LogP contribution is -2.21. The van der Waals surface area contributed by atoms with Crippen LogP contribution < -0.4 is 0 Å². The minimum absolute atomic E-state index is 0.0295. The number of thioether (sulfide) groups is 1. The topological polar surface area (TPSA) is 20.2 Å². The molecule has 0 aromatic carbocycles. The smallest absolute Gasteiger partial charge is 0.0805 e. The van der Waals surface area contributed by atoms with E-state index in [-0.39, 0.29) is 16.2 Å². The van der Waals surface area contributed by atoms with E-state index in [9.17, 15) is 0 Å². The minimum atomic E-state index is 0.0295. The van der Waals surface area contributed by atoms with E-state index >= 15 is 0 Å². The lowest BCUT2D eigenvalue weighted by Gasteiger charge is -2.20. The second kappa shape index (κ2) is 2.64. The summed E-state index contributed by atoms with van der Waals surface area (Å²) in [6.45, 7) is 2.30. The maximum Gasteiger partial charge on any atom is 0.0805 e. The summed E-state index contributed by atoms with van der Waals surface area (Å²) in [4.78, 5) is 0. The summed E-state index contributed by atoms with van der Waals surface area (Å²) in [5, 5.41) is 10.8. The van der Waals surface area contributed by atoms with Gasteiger partial charge in [0.25, 0.3) is 0 Å². The molecule has 0 bridgehead atoms. The summed E-state index contributed by atoms with van der Waals surface area (Å²) in [5.41, 5.74) is 0. The van der Waals surface area contributed by atoms with Crippen LogP contribution in [-0.4, -0.2) is 15.4 Å². The summed E-state index contributed by atoms with van der Waals surface area (Å²) in [6, 6.07) is 0. The molecule has 0 fully saturated rings. The van der Waals surface area contributed by atoms with Crippen LogP contribution in [0.15, 0.2) is 11.5 Å². The first kappa shape index (κ1) is 7.63. The Hall–Kier alpha value is 0.530. The van der Waals surface area contributed by atoms with Gasteiger partial charge < -0.3 is 5.11 Å². The van der Waals surface area contributed by atoms with E-state index < -0.39 is 0 Å². The molecule has 52 valence electrons. The molecule has 2 atom stereocenters. The van der Waals surface area contributed by atoms with Crippen molar-refractivity contribution in [2.45, 2.75) is 10.6 Å². The fourth-order valence-electron chi connectivity index (χ4n) is 0.750. The van der Waals surface area contributed by atoms with Crippen LogP contribution in [-0.2, 0) is 0 Å². The predicted octanol–water partition coefficient (Wildman–Crippen LogP) is 1.97. The van der Waals surface area contributed by atoms with Crippen molar-refractivity contribution in [1.29, 1.82) is 0 Å². The Labute approximate surface area is 67.7 Å². The molecule has 9 heavy (non-hydrogen) atoms. The van der Waals surface area contributed by atoms with E-state index in [0.29, 0.717) is 0 Å². The van der Waals surface area contributed by atoms with Crippen LogP contribution in [0.4, 0.5) is 0 Å². The molecular weight excluding hydrogens is 200 g/mol. The molecule has 0 aromatic heterocycles. The number of alkyl halides is 1. The highest BCUT2D eigenvalue weighted by Gasteiger charge is 2.32. The third kappa shape index (κ3) is 1.51. The first-order valence-electron chi connectivity index (χ1n) is 2.81. The van der Waals surface area contributed by atoms with Gasteiger partial charge in [0.2, 0.25) is 0 Å². The van der Waals surface area contributed by atoms with Gasteiger partial charge in [-0.25, -0.2) is 0 Å². The quantitative estimate of drug-likeness (QED) is 0.666. The minimum Gasteiger partial charge on any atom is -0.396 e. The van der Waals surface area contributed by atoms with E-state index in [0.717, 1.165) is 0 Å². The normalized spacial score (nSPS) is 41.9. The van der Waals surface area contributed by atoms with Crippen molar-refractivity contribution >= 4 is 27.7 Å². The summed E-state index contributed by atoms with van der Waals surface area (Å²) in [6.07, 6.45) is 2.03. The van der Waals surface area contributed by atoms with Gasteiger partial charge >= 0.3 is 0 Å². The number of rotatable bonds is 1. The Morgan fingerprint density at radius 2 is 2.56 bits per heavy atom. The van der Waals surface area contributed by atoms with Gasteiger partial charge in [0, 0.05) is 5.92 Å². The zero-order valence-corrected chi connectivity index (χ0v) is 7.58. The van der Waals surface area contributed by atoms with E-state index in [1.807, 2.05) is 11.5 Å². The maximum atomic E-state index is 8.81. The van der Waals surface area contributed by atoms with Crippen molar-refractivity contribution in [3.8, 4) is 0 Å². The highest BCUT2D eigenvalue weighted by molar-refractivity contribution is 9.12. The van der Waals surface area contributed by atoms with E-state index in [1.54, 1.807) is 11.8 Å². The standard InChI is InChI=1S/C6H9BrOS/c1-6(7)5(4-8)2-3-9-6/h2-3,5,8H,4H2,1H3. The fourth-order valence-corrected chi connectivity index (χ4v) is 2.23. The fraction of sp³-hybridized carbons (Fsp3) is 0.667. The Bertz CT molecular complexity index is 133. The lowest BCUT2D eigenvalue weighted by molar-refractivity contribution is 0.250. The van der Waals surface area contributed by atoms with Crippen molar-refractivity contribution in [2.24, 2.45) is 5.92 Å². The Morgan fingerprint density at radius 1 is 1.89 bits per heavy atom. The molecule has 1 heterocycles. The van der Waals surface area contributed by atoms with Crippen LogP contribution in [0, 0.1) is 5.92 Å². The number of aliphatic hydroxyl groups excluding tert-OH is 1.